The molecule has 0 fully saturated rings. The van der Waals surface area contributed by atoms with E-state index in [9.17, 15) is 4.79 Å². The maximum Gasteiger partial charge on any atom is 0.241 e. The van der Waals surface area contributed by atoms with E-state index in [1.54, 1.807) is 25.4 Å². The van der Waals surface area contributed by atoms with E-state index in [0.29, 0.717) is 0 Å². The molecule has 0 aromatic carbocycles. The molecule has 1 unspecified atom stereocenters. The van der Waals surface area contributed by atoms with Gasteiger partial charge in [-0.2, -0.15) is 0 Å². The van der Waals surface area contributed by atoms with Crippen molar-refractivity contribution in [1.82, 2.24) is 4.98 Å². The van der Waals surface area contributed by atoms with Crippen molar-refractivity contribution in [2.45, 2.75) is 19.9 Å². The number of hydrogen-bond donors (Lipinski definition) is 2. The van der Waals surface area contributed by atoms with Crippen LogP contribution in [-0.4, -0.2) is 16.9 Å². The average molecular weight is 179 g/mol. The van der Waals surface area contributed by atoms with Crippen molar-refractivity contribution in [3.8, 4) is 0 Å². The molecule has 1 heterocycles. The van der Waals surface area contributed by atoms with E-state index in [4.69, 9.17) is 5.73 Å². The minimum atomic E-state index is -0.493. The number of pyridine rings is 1. The zero-order chi connectivity index (χ0) is 9.84. The topological polar surface area (TPSA) is 68.0 Å². The highest BCUT2D eigenvalue weighted by atomic mass is 16.2. The largest absolute Gasteiger partial charge is 0.324 e. The van der Waals surface area contributed by atoms with Crippen molar-refractivity contribution in [2.75, 3.05) is 5.32 Å². The van der Waals surface area contributed by atoms with Crippen LogP contribution in [0.1, 0.15) is 12.5 Å². The van der Waals surface area contributed by atoms with Crippen molar-refractivity contribution in [1.29, 1.82) is 0 Å². The quantitative estimate of drug-likeness (QED) is 0.701. The molecular formula is C9H13N3O. The Morgan fingerprint density at radius 3 is 2.92 bits per heavy atom. The highest BCUT2D eigenvalue weighted by molar-refractivity contribution is 5.94. The number of carbonyl (C=O) groups is 1. The first-order valence-electron chi connectivity index (χ1n) is 4.08. The molecule has 70 valence electrons. The lowest BCUT2D eigenvalue weighted by Gasteiger charge is -2.09. The number of amides is 1. The summed E-state index contributed by atoms with van der Waals surface area (Å²) in [6, 6.07) is 1.25. The van der Waals surface area contributed by atoms with Crippen molar-refractivity contribution in [3.05, 3.63) is 24.0 Å². The lowest BCUT2D eigenvalue weighted by molar-refractivity contribution is -0.117. The van der Waals surface area contributed by atoms with Gasteiger partial charge in [0.25, 0.3) is 0 Å². The first-order valence-corrected chi connectivity index (χ1v) is 4.08. The number of hydrogen-bond acceptors (Lipinski definition) is 3. The fourth-order valence-corrected chi connectivity index (χ4v) is 0.860. The molecule has 1 rings (SSSR count). The van der Waals surface area contributed by atoms with Gasteiger partial charge < -0.3 is 11.1 Å². The molecule has 1 aromatic rings. The lowest BCUT2D eigenvalue weighted by Crippen LogP contribution is -2.32. The van der Waals surface area contributed by atoms with E-state index in [1.807, 2.05) is 6.92 Å². The number of rotatable bonds is 2. The Kier molecular flexibility index (Phi) is 2.97. The van der Waals surface area contributed by atoms with E-state index in [2.05, 4.69) is 10.3 Å². The Balaban J connectivity index is 2.75. The molecule has 0 bridgehead atoms. The summed E-state index contributed by atoms with van der Waals surface area (Å²) in [5.41, 5.74) is 7.09. The Morgan fingerprint density at radius 1 is 1.69 bits per heavy atom. The van der Waals surface area contributed by atoms with Crippen LogP contribution < -0.4 is 11.1 Å². The Morgan fingerprint density at radius 2 is 2.38 bits per heavy atom. The molecule has 4 heteroatoms. The molecule has 1 aromatic heterocycles. The normalized spacial score (nSPS) is 12.2. The molecule has 0 radical (unpaired) electrons. The van der Waals surface area contributed by atoms with Crippen molar-refractivity contribution in [3.63, 3.8) is 0 Å². The van der Waals surface area contributed by atoms with Crippen LogP contribution in [0.15, 0.2) is 18.5 Å². The number of anilines is 1. The predicted molar refractivity (Wildman–Crippen MR) is 51.3 cm³/mol. The lowest BCUT2D eigenvalue weighted by atomic mass is 10.2. The van der Waals surface area contributed by atoms with Crippen LogP contribution in [0.4, 0.5) is 5.69 Å². The molecular weight excluding hydrogens is 166 g/mol. The average Bonchev–Trinajstić information content (AvgIpc) is 2.08. The second-order valence-corrected chi connectivity index (χ2v) is 2.97. The summed E-state index contributed by atoms with van der Waals surface area (Å²) in [4.78, 5) is 15.1. The molecule has 0 aliphatic rings. The summed E-state index contributed by atoms with van der Waals surface area (Å²) in [7, 11) is 0. The van der Waals surface area contributed by atoms with Gasteiger partial charge in [-0.1, -0.05) is 0 Å². The van der Waals surface area contributed by atoms with Crippen LogP contribution in [0, 0.1) is 6.92 Å². The number of nitrogens with two attached hydrogens (primary N) is 1. The third-order valence-electron chi connectivity index (χ3n) is 1.69. The zero-order valence-electron chi connectivity index (χ0n) is 7.74. The highest BCUT2D eigenvalue weighted by Crippen LogP contribution is 2.11. The van der Waals surface area contributed by atoms with Gasteiger partial charge in [-0.15, -0.1) is 0 Å². The molecule has 0 saturated carbocycles. The molecule has 13 heavy (non-hydrogen) atoms. The van der Waals surface area contributed by atoms with E-state index < -0.39 is 6.04 Å². The van der Waals surface area contributed by atoms with Gasteiger partial charge in [0.1, 0.15) is 0 Å². The van der Waals surface area contributed by atoms with Crippen molar-refractivity contribution in [2.24, 2.45) is 5.73 Å². The van der Waals surface area contributed by atoms with E-state index in [1.165, 1.54) is 0 Å². The van der Waals surface area contributed by atoms with E-state index >= 15 is 0 Å². The van der Waals surface area contributed by atoms with E-state index in [0.717, 1.165) is 11.3 Å². The summed E-state index contributed by atoms with van der Waals surface area (Å²) in [5.74, 6) is -0.186. The van der Waals surface area contributed by atoms with E-state index in [-0.39, 0.29) is 5.91 Å². The number of aromatic nitrogens is 1. The van der Waals surface area contributed by atoms with Crippen molar-refractivity contribution >= 4 is 11.6 Å². The fraction of sp³-hybridized carbons (Fsp3) is 0.333. The number of nitrogens with one attached hydrogen (secondary N) is 1. The summed E-state index contributed by atoms with van der Waals surface area (Å²) < 4.78 is 0. The van der Waals surface area contributed by atoms with Gasteiger partial charge >= 0.3 is 0 Å². The molecule has 1 atom stereocenters. The van der Waals surface area contributed by atoms with Gasteiger partial charge in [0, 0.05) is 18.1 Å². The zero-order valence-corrected chi connectivity index (χ0v) is 7.74. The molecule has 0 aliphatic heterocycles. The van der Waals surface area contributed by atoms with Crippen LogP contribution in [-0.2, 0) is 4.79 Å². The standard InChI is InChI=1S/C9H13N3O/c1-6-5-11-4-3-8(6)12-9(13)7(2)10/h3-5,7H,10H2,1-2H3,(H,11,12,13). The minimum absolute atomic E-state index is 0.186. The minimum Gasteiger partial charge on any atom is -0.324 e. The molecule has 4 nitrogen and oxygen atoms in total. The van der Waals surface area contributed by atoms with Crippen LogP contribution in [0.2, 0.25) is 0 Å². The summed E-state index contributed by atoms with van der Waals surface area (Å²) >= 11 is 0. The fourth-order valence-electron chi connectivity index (χ4n) is 0.860. The molecule has 0 aliphatic carbocycles. The molecule has 3 N–H and O–H groups in total. The van der Waals surface area contributed by atoms with Gasteiger partial charge in [-0.3, -0.25) is 9.78 Å². The van der Waals surface area contributed by atoms with Crippen molar-refractivity contribution < 1.29 is 4.79 Å². The van der Waals surface area contributed by atoms with Crippen LogP contribution in [0.25, 0.3) is 0 Å². The first kappa shape index (κ1) is 9.67. The predicted octanol–water partition coefficient (Wildman–Crippen LogP) is 0.676. The summed E-state index contributed by atoms with van der Waals surface area (Å²) in [5, 5.41) is 2.71. The maximum atomic E-state index is 11.2. The van der Waals surface area contributed by atoms with Crippen LogP contribution >= 0.6 is 0 Å². The SMILES string of the molecule is Cc1cnccc1NC(=O)C(C)N. The van der Waals surface area contributed by atoms with Gasteiger partial charge in [-0.25, -0.2) is 0 Å². The summed E-state index contributed by atoms with van der Waals surface area (Å²) in [6.45, 7) is 3.52. The maximum absolute atomic E-state index is 11.2. The Bertz CT molecular complexity index is 309. The van der Waals surface area contributed by atoms with Crippen LogP contribution in [0.5, 0.6) is 0 Å². The third-order valence-corrected chi connectivity index (χ3v) is 1.69. The highest BCUT2D eigenvalue weighted by Gasteiger charge is 2.08. The van der Waals surface area contributed by atoms with Gasteiger partial charge in [0.2, 0.25) is 5.91 Å². The third kappa shape index (κ3) is 2.52. The first-order chi connectivity index (χ1) is 6.11. The Hall–Kier alpha value is -1.42. The second kappa shape index (κ2) is 4.00. The number of nitrogens with zero attached hydrogens (tertiary/aromatic N) is 1. The van der Waals surface area contributed by atoms with Gasteiger partial charge in [-0.05, 0) is 25.5 Å². The summed E-state index contributed by atoms with van der Waals surface area (Å²) in [6.07, 6.45) is 3.32. The van der Waals surface area contributed by atoms with Gasteiger partial charge in [0.15, 0.2) is 0 Å². The molecule has 1 amide bonds. The monoisotopic (exact) mass is 179 g/mol. The molecule has 0 saturated heterocycles. The Labute approximate surface area is 77.2 Å². The molecule has 0 spiro atoms. The number of aryl methyl sites for hydroxylation is 1. The number of carbonyl (C=O) groups excluding carboxylic acids is 1. The second-order valence-electron chi connectivity index (χ2n) is 2.97. The van der Waals surface area contributed by atoms with Crippen LogP contribution in [0.3, 0.4) is 0 Å². The van der Waals surface area contributed by atoms with Gasteiger partial charge in [0.05, 0.1) is 6.04 Å². The smallest absolute Gasteiger partial charge is 0.241 e.